The number of rotatable bonds is 5. The SMILES string of the molecule is COc1cc(C)c(S(=O)(=O)Nc2cc(C(F)(F)F)[nH]n2)cc1OC. The highest BCUT2D eigenvalue weighted by atomic mass is 32.2. The molecule has 0 aliphatic rings. The largest absolute Gasteiger partial charge is 0.493 e. The molecule has 7 nitrogen and oxygen atoms in total. The van der Waals surface area contributed by atoms with Crippen molar-refractivity contribution in [3.63, 3.8) is 0 Å². The van der Waals surface area contributed by atoms with Gasteiger partial charge in [-0.25, -0.2) is 8.42 Å². The number of aryl methyl sites for hydroxylation is 1. The molecule has 0 radical (unpaired) electrons. The quantitative estimate of drug-likeness (QED) is 0.849. The number of nitrogens with one attached hydrogen (secondary N) is 2. The van der Waals surface area contributed by atoms with Crippen molar-refractivity contribution in [3.05, 3.63) is 29.5 Å². The minimum absolute atomic E-state index is 0.168. The van der Waals surface area contributed by atoms with E-state index in [0.717, 1.165) is 0 Å². The molecule has 11 heteroatoms. The van der Waals surface area contributed by atoms with Crippen molar-refractivity contribution in [1.29, 1.82) is 0 Å². The molecule has 132 valence electrons. The van der Waals surface area contributed by atoms with Gasteiger partial charge >= 0.3 is 6.18 Å². The lowest BCUT2D eigenvalue weighted by Gasteiger charge is -2.13. The lowest BCUT2D eigenvalue weighted by Crippen LogP contribution is -2.15. The molecule has 0 aliphatic heterocycles. The van der Waals surface area contributed by atoms with Gasteiger partial charge in [-0.05, 0) is 18.6 Å². The second-order valence-corrected chi connectivity index (χ2v) is 6.39. The van der Waals surface area contributed by atoms with Crippen molar-refractivity contribution in [2.45, 2.75) is 18.0 Å². The van der Waals surface area contributed by atoms with E-state index < -0.39 is 27.7 Å². The molecule has 1 heterocycles. The van der Waals surface area contributed by atoms with Gasteiger partial charge in [-0.3, -0.25) is 9.82 Å². The third-order valence-electron chi connectivity index (χ3n) is 3.09. The number of benzene rings is 1. The summed E-state index contributed by atoms with van der Waals surface area (Å²) in [5.74, 6) is 0.0195. The summed E-state index contributed by atoms with van der Waals surface area (Å²) >= 11 is 0. The fourth-order valence-electron chi connectivity index (χ4n) is 1.96. The van der Waals surface area contributed by atoms with Gasteiger partial charge in [-0.1, -0.05) is 0 Å². The molecule has 0 unspecified atom stereocenters. The molecule has 2 rings (SSSR count). The summed E-state index contributed by atoms with van der Waals surface area (Å²) in [5, 5.41) is 5.04. The number of hydrogen-bond acceptors (Lipinski definition) is 5. The Hall–Kier alpha value is -2.43. The maximum Gasteiger partial charge on any atom is 0.432 e. The molecule has 1 aromatic carbocycles. The highest BCUT2D eigenvalue weighted by Gasteiger charge is 2.33. The normalized spacial score (nSPS) is 12.1. The van der Waals surface area contributed by atoms with Crippen LogP contribution >= 0.6 is 0 Å². The zero-order chi connectivity index (χ0) is 18.1. The van der Waals surface area contributed by atoms with Gasteiger partial charge in [0, 0.05) is 12.1 Å². The maximum absolute atomic E-state index is 12.5. The number of aromatic nitrogens is 2. The monoisotopic (exact) mass is 365 g/mol. The first-order valence-corrected chi connectivity index (χ1v) is 7.95. The van der Waals surface area contributed by atoms with Crippen LogP contribution in [0, 0.1) is 6.92 Å². The van der Waals surface area contributed by atoms with Gasteiger partial charge in [-0.15, -0.1) is 0 Å². The average Bonchev–Trinajstić information content (AvgIpc) is 2.94. The van der Waals surface area contributed by atoms with Crippen LogP contribution in [0.25, 0.3) is 0 Å². The summed E-state index contributed by atoms with van der Waals surface area (Å²) in [4.78, 5) is -0.170. The Morgan fingerprint density at radius 3 is 2.21 bits per heavy atom. The molecule has 0 saturated heterocycles. The first kappa shape index (κ1) is 17.9. The summed E-state index contributed by atoms with van der Waals surface area (Å²) < 4.78 is 74.5. The third kappa shape index (κ3) is 3.55. The Morgan fingerprint density at radius 2 is 1.71 bits per heavy atom. The number of H-pyrrole nitrogens is 1. The van der Waals surface area contributed by atoms with Crippen LogP contribution < -0.4 is 14.2 Å². The zero-order valence-corrected chi connectivity index (χ0v) is 13.7. The van der Waals surface area contributed by atoms with Crippen LogP contribution in [0.15, 0.2) is 23.1 Å². The molecule has 0 amide bonds. The summed E-state index contributed by atoms with van der Waals surface area (Å²) in [7, 11) is -1.44. The minimum atomic E-state index is -4.66. The molecular formula is C13H14F3N3O4S. The summed E-state index contributed by atoms with van der Waals surface area (Å²) in [6.45, 7) is 1.52. The second kappa shape index (κ2) is 6.23. The molecule has 2 aromatic rings. The van der Waals surface area contributed by atoms with E-state index in [1.807, 2.05) is 4.72 Å². The predicted molar refractivity (Wildman–Crippen MR) is 78.7 cm³/mol. The van der Waals surface area contributed by atoms with Crippen molar-refractivity contribution < 1.29 is 31.1 Å². The molecule has 1 aromatic heterocycles. The highest BCUT2D eigenvalue weighted by Crippen LogP contribution is 2.33. The first-order chi connectivity index (χ1) is 11.1. The van der Waals surface area contributed by atoms with Crippen LogP contribution in [0.1, 0.15) is 11.3 Å². The van der Waals surface area contributed by atoms with E-state index in [0.29, 0.717) is 17.4 Å². The Kier molecular flexibility index (Phi) is 4.65. The highest BCUT2D eigenvalue weighted by molar-refractivity contribution is 7.92. The minimum Gasteiger partial charge on any atom is -0.493 e. The standard InChI is InChI=1S/C13H14F3N3O4S/c1-7-4-8(22-2)9(23-3)5-10(7)24(20,21)19-12-6-11(17-18-12)13(14,15)16/h4-6H,1-3H3,(H2,17,18,19). The second-order valence-electron chi connectivity index (χ2n) is 4.74. The Morgan fingerprint density at radius 1 is 1.12 bits per heavy atom. The number of hydrogen-bond donors (Lipinski definition) is 2. The van der Waals surface area contributed by atoms with Gasteiger partial charge in [0.1, 0.15) is 5.69 Å². The molecule has 0 atom stereocenters. The molecule has 0 bridgehead atoms. The molecule has 24 heavy (non-hydrogen) atoms. The van der Waals surface area contributed by atoms with Gasteiger partial charge in [0.15, 0.2) is 17.3 Å². The predicted octanol–water partition coefficient (Wildman–Crippen LogP) is 2.55. The number of ether oxygens (including phenoxy) is 2. The van der Waals surface area contributed by atoms with E-state index >= 15 is 0 Å². The van der Waals surface area contributed by atoms with Crippen LogP contribution in [-0.4, -0.2) is 32.8 Å². The molecule has 2 N–H and O–H groups in total. The van der Waals surface area contributed by atoms with Gasteiger partial charge < -0.3 is 9.47 Å². The van der Waals surface area contributed by atoms with E-state index in [4.69, 9.17) is 9.47 Å². The summed E-state index contributed by atoms with van der Waals surface area (Å²) in [5.41, 5.74) is -0.837. The van der Waals surface area contributed by atoms with Gasteiger partial charge in [0.2, 0.25) is 0 Å². The first-order valence-electron chi connectivity index (χ1n) is 6.46. The van der Waals surface area contributed by atoms with Crippen LogP contribution in [0.4, 0.5) is 19.0 Å². The number of halogens is 3. The Labute approximate surface area is 135 Å². The van der Waals surface area contributed by atoms with Crippen LogP contribution in [0.3, 0.4) is 0 Å². The van der Waals surface area contributed by atoms with Crippen molar-refractivity contribution >= 4 is 15.8 Å². The van der Waals surface area contributed by atoms with Crippen molar-refractivity contribution in [3.8, 4) is 11.5 Å². The van der Waals surface area contributed by atoms with E-state index in [1.165, 1.54) is 33.3 Å². The van der Waals surface area contributed by atoms with Crippen molar-refractivity contribution in [1.82, 2.24) is 10.2 Å². The summed E-state index contributed by atoms with van der Waals surface area (Å²) in [6, 6.07) is 3.22. The van der Waals surface area contributed by atoms with Crippen LogP contribution in [0.5, 0.6) is 11.5 Å². The molecular weight excluding hydrogens is 351 g/mol. The van der Waals surface area contributed by atoms with Crippen LogP contribution in [0.2, 0.25) is 0 Å². The van der Waals surface area contributed by atoms with Crippen molar-refractivity contribution in [2.75, 3.05) is 18.9 Å². The molecule has 0 aliphatic carbocycles. The lowest BCUT2D eigenvalue weighted by atomic mass is 10.2. The molecule has 0 spiro atoms. The molecule has 0 fully saturated rings. The van der Waals surface area contributed by atoms with Gasteiger partial charge in [0.05, 0.1) is 19.1 Å². The molecule has 0 saturated carbocycles. The van der Waals surface area contributed by atoms with Crippen LogP contribution in [-0.2, 0) is 16.2 Å². The Balaban J connectivity index is 2.39. The third-order valence-corrected chi connectivity index (χ3v) is 4.59. The number of anilines is 1. The van der Waals surface area contributed by atoms with Gasteiger partial charge in [-0.2, -0.15) is 18.3 Å². The van der Waals surface area contributed by atoms with Gasteiger partial charge in [0.25, 0.3) is 10.0 Å². The fraction of sp³-hybridized carbons (Fsp3) is 0.308. The Bertz CT molecular complexity index is 847. The maximum atomic E-state index is 12.5. The number of alkyl halides is 3. The smallest absolute Gasteiger partial charge is 0.432 e. The topological polar surface area (TPSA) is 93.3 Å². The zero-order valence-electron chi connectivity index (χ0n) is 12.9. The average molecular weight is 365 g/mol. The van der Waals surface area contributed by atoms with E-state index in [-0.39, 0.29) is 10.6 Å². The number of nitrogens with zero attached hydrogens (tertiary/aromatic N) is 1. The van der Waals surface area contributed by atoms with E-state index in [9.17, 15) is 21.6 Å². The number of aromatic amines is 1. The van der Waals surface area contributed by atoms with E-state index in [2.05, 4.69) is 5.10 Å². The van der Waals surface area contributed by atoms with Crippen molar-refractivity contribution in [2.24, 2.45) is 0 Å². The number of sulfonamides is 1. The lowest BCUT2D eigenvalue weighted by molar-refractivity contribution is -0.141. The number of methoxy groups -OCH3 is 2. The summed E-state index contributed by atoms with van der Waals surface area (Å²) in [6.07, 6.45) is -4.66. The van der Waals surface area contributed by atoms with E-state index in [1.54, 1.807) is 5.10 Å². The fourth-order valence-corrected chi connectivity index (χ4v) is 3.20.